The van der Waals surface area contributed by atoms with Gasteiger partial charge in [-0.3, -0.25) is 0 Å². The third-order valence-electron chi connectivity index (χ3n) is 3.22. The second-order valence-corrected chi connectivity index (χ2v) is 6.66. The van der Waals surface area contributed by atoms with Gasteiger partial charge in [0.2, 0.25) is 0 Å². The van der Waals surface area contributed by atoms with Crippen LogP contribution in [0, 0.1) is 0 Å². The standard InChI is InChI=1S/C12H17NO3S/c1-2-17(14,15)11-5-3-10(4-6-11)12(13)7-8-16-9-12/h3-6H,2,7-9,13H2,1H3. The van der Waals surface area contributed by atoms with Crippen molar-refractivity contribution in [3.05, 3.63) is 29.8 Å². The van der Waals surface area contributed by atoms with Gasteiger partial charge in [-0.25, -0.2) is 8.42 Å². The van der Waals surface area contributed by atoms with E-state index in [1.165, 1.54) is 0 Å². The first-order valence-corrected chi connectivity index (χ1v) is 7.33. The monoisotopic (exact) mass is 255 g/mol. The number of hydrogen-bond donors (Lipinski definition) is 1. The van der Waals surface area contributed by atoms with Crippen LogP contribution in [-0.4, -0.2) is 27.4 Å². The molecule has 2 rings (SSSR count). The molecule has 1 unspecified atom stereocenters. The Morgan fingerprint density at radius 3 is 2.47 bits per heavy atom. The minimum absolute atomic E-state index is 0.114. The summed E-state index contributed by atoms with van der Waals surface area (Å²) in [5.74, 6) is 0.114. The Kier molecular flexibility index (Phi) is 3.25. The van der Waals surface area contributed by atoms with Gasteiger partial charge in [0.25, 0.3) is 0 Å². The maximum absolute atomic E-state index is 11.7. The van der Waals surface area contributed by atoms with Gasteiger partial charge in [0.1, 0.15) is 0 Å². The van der Waals surface area contributed by atoms with Crippen molar-refractivity contribution >= 4 is 9.84 Å². The fourth-order valence-corrected chi connectivity index (χ4v) is 2.85. The number of benzene rings is 1. The van der Waals surface area contributed by atoms with E-state index in [-0.39, 0.29) is 5.75 Å². The first-order chi connectivity index (χ1) is 7.98. The number of ether oxygens (including phenoxy) is 1. The molecule has 0 bridgehead atoms. The van der Waals surface area contributed by atoms with Crippen LogP contribution >= 0.6 is 0 Å². The number of sulfone groups is 1. The number of hydrogen-bond acceptors (Lipinski definition) is 4. The van der Waals surface area contributed by atoms with Crippen LogP contribution in [0.15, 0.2) is 29.2 Å². The molecule has 4 nitrogen and oxygen atoms in total. The minimum Gasteiger partial charge on any atom is -0.379 e. The van der Waals surface area contributed by atoms with Gasteiger partial charge in [-0.05, 0) is 24.1 Å². The number of rotatable bonds is 3. The van der Waals surface area contributed by atoms with E-state index in [9.17, 15) is 8.42 Å². The molecule has 1 atom stereocenters. The molecule has 1 aliphatic heterocycles. The summed E-state index contributed by atoms with van der Waals surface area (Å²) in [5.41, 5.74) is 6.67. The molecule has 1 aliphatic rings. The summed E-state index contributed by atoms with van der Waals surface area (Å²) in [6.45, 7) is 2.79. The van der Waals surface area contributed by atoms with Crippen LogP contribution in [0.5, 0.6) is 0 Å². The quantitative estimate of drug-likeness (QED) is 0.876. The molecule has 0 aliphatic carbocycles. The molecule has 0 spiro atoms. The van der Waals surface area contributed by atoms with Crippen molar-refractivity contribution in [2.24, 2.45) is 5.73 Å². The molecule has 17 heavy (non-hydrogen) atoms. The fourth-order valence-electron chi connectivity index (χ4n) is 1.97. The van der Waals surface area contributed by atoms with E-state index in [0.29, 0.717) is 18.1 Å². The first kappa shape index (κ1) is 12.5. The highest BCUT2D eigenvalue weighted by Gasteiger charge is 2.32. The summed E-state index contributed by atoms with van der Waals surface area (Å²) >= 11 is 0. The van der Waals surface area contributed by atoms with Crippen molar-refractivity contribution in [2.45, 2.75) is 23.8 Å². The van der Waals surface area contributed by atoms with Gasteiger partial charge >= 0.3 is 0 Å². The highest BCUT2D eigenvalue weighted by Crippen LogP contribution is 2.28. The maximum Gasteiger partial charge on any atom is 0.178 e. The fraction of sp³-hybridized carbons (Fsp3) is 0.500. The van der Waals surface area contributed by atoms with Crippen molar-refractivity contribution in [2.75, 3.05) is 19.0 Å². The third kappa shape index (κ3) is 2.36. The van der Waals surface area contributed by atoms with Crippen LogP contribution in [-0.2, 0) is 20.1 Å². The molecule has 0 radical (unpaired) electrons. The van der Waals surface area contributed by atoms with E-state index in [1.54, 1.807) is 31.2 Å². The zero-order chi connectivity index (χ0) is 12.5. The van der Waals surface area contributed by atoms with E-state index < -0.39 is 15.4 Å². The average Bonchev–Trinajstić information content (AvgIpc) is 2.78. The van der Waals surface area contributed by atoms with Crippen LogP contribution in [0.4, 0.5) is 0 Å². The van der Waals surface area contributed by atoms with Crippen molar-refractivity contribution < 1.29 is 13.2 Å². The molecule has 94 valence electrons. The number of nitrogens with two attached hydrogens (primary N) is 1. The molecule has 0 saturated carbocycles. The van der Waals surface area contributed by atoms with Gasteiger partial charge in [0.05, 0.1) is 22.8 Å². The largest absolute Gasteiger partial charge is 0.379 e. The van der Waals surface area contributed by atoms with Crippen LogP contribution in [0.1, 0.15) is 18.9 Å². The molecular formula is C12H17NO3S. The third-order valence-corrected chi connectivity index (χ3v) is 4.97. The van der Waals surface area contributed by atoms with Crippen LogP contribution in [0.2, 0.25) is 0 Å². The molecule has 1 aromatic carbocycles. The Labute approximate surface area is 102 Å². The van der Waals surface area contributed by atoms with Crippen LogP contribution in [0.3, 0.4) is 0 Å². The normalized spacial score (nSPS) is 25.1. The second kappa shape index (κ2) is 4.40. The Bertz CT molecular complexity index is 487. The second-order valence-electron chi connectivity index (χ2n) is 4.39. The zero-order valence-corrected chi connectivity index (χ0v) is 10.7. The molecule has 2 N–H and O–H groups in total. The Balaban J connectivity index is 2.30. The van der Waals surface area contributed by atoms with E-state index >= 15 is 0 Å². The van der Waals surface area contributed by atoms with E-state index in [0.717, 1.165) is 12.0 Å². The minimum atomic E-state index is -3.13. The van der Waals surface area contributed by atoms with E-state index in [2.05, 4.69) is 0 Å². The summed E-state index contributed by atoms with van der Waals surface area (Å²) in [7, 11) is -3.13. The van der Waals surface area contributed by atoms with Gasteiger partial charge in [0.15, 0.2) is 9.84 Å². The van der Waals surface area contributed by atoms with Gasteiger partial charge in [-0.2, -0.15) is 0 Å². The summed E-state index contributed by atoms with van der Waals surface area (Å²) in [6.07, 6.45) is 0.771. The van der Waals surface area contributed by atoms with E-state index in [4.69, 9.17) is 10.5 Å². The van der Waals surface area contributed by atoms with Crippen molar-refractivity contribution in [3.8, 4) is 0 Å². The van der Waals surface area contributed by atoms with Crippen LogP contribution < -0.4 is 5.73 Å². The molecule has 1 aromatic rings. The highest BCUT2D eigenvalue weighted by molar-refractivity contribution is 7.91. The van der Waals surface area contributed by atoms with Gasteiger partial charge in [-0.15, -0.1) is 0 Å². The molecule has 5 heteroatoms. The van der Waals surface area contributed by atoms with Gasteiger partial charge in [0, 0.05) is 6.61 Å². The summed E-state index contributed by atoms with van der Waals surface area (Å²) in [5, 5.41) is 0. The van der Waals surface area contributed by atoms with Gasteiger partial charge in [-0.1, -0.05) is 19.1 Å². The predicted octanol–water partition coefficient (Wildman–Crippen LogP) is 1.05. The summed E-state index contributed by atoms with van der Waals surface area (Å²) in [4.78, 5) is 0.353. The Morgan fingerprint density at radius 1 is 1.35 bits per heavy atom. The smallest absolute Gasteiger partial charge is 0.178 e. The Hall–Kier alpha value is -0.910. The Morgan fingerprint density at radius 2 is 2.00 bits per heavy atom. The lowest BCUT2D eigenvalue weighted by molar-refractivity contribution is 0.178. The molecule has 0 amide bonds. The van der Waals surface area contributed by atoms with Crippen LogP contribution in [0.25, 0.3) is 0 Å². The lowest BCUT2D eigenvalue weighted by Gasteiger charge is -2.22. The summed E-state index contributed by atoms with van der Waals surface area (Å²) in [6, 6.07) is 6.83. The van der Waals surface area contributed by atoms with Crippen molar-refractivity contribution in [1.82, 2.24) is 0 Å². The predicted molar refractivity (Wildman–Crippen MR) is 65.5 cm³/mol. The molecular weight excluding hydrogens is 238 g/mol. The van der Waals surface area contributed by atoms with Crippen molar-refractivity contribution in [3.63, 3.8) is 0 Å². The van der Waals surface area contributed by atoms with Gasteiger partial charge < -0.3 is 10.5 Å². The molecule has 0 aromatic heterocycles. The average molecular weight is 255 g/mol. The van der Waals surface area contributed by atoms with E-state index in [1.807, 2.05) is 0 Å². The SMILES string of the molecule is CCS(=O)(=O)c1ccc(C2(N)CCOC2)cc1. The zero-order valence-electron chi connectivity index (χ0n) is 9.85. The molecule has 1 heterocycles. The first-order valence-electron chi connectivity index (χ1n) is 5.68. The lowest BCUT2D eigenvalue weighted by atomic mass is 9.91. The molecule has 1 fully saturated rings. The topological polar surface area (TPSA) is 69.4 Å². The summed E-state index contributed by atoms with van der Waals surface area (Å²) < 4.78 is 28.6. The molecule has 1 saturated heterocycles. The highest BCUT2D eigenvalue weighted by atomic mass is 32.2. The van der Waals surface area contributed by atoms with Crippen molar-refractivity contribution in [1.29, 1.82) is 0 Å². The lowest BCUT2D eigenvalue weighted by Crippen LogP contribution is -2.36. The maximum atomic E-state index is 11.7.